The molecule has 0 amide bonds. The number of piperazine rings is 1. The molecule has 2 aliphatic carbocycles. The van der Waals surface area contributed by atoms with Crippen molar-refractivity contribution in [2.75, 3.05) is 30.3 Å². The first kappa shape index (κ1) is 22.8. The third kappa shape index (κ3) is 3.63. The third-order valence-corrected chi connectivity index (χ3v) is 10.1. The quantitative estimate of drug-likeness (QED) is 0.631. The fourth-order valence-electron chi connectivity index (χ4n) is 5.98. The van der Waals surface area contributed by atoms with Gasteiger partial charge >= 0.3 is 6.18 Å². The molecule has 3 fully saturated rings. The van der Waals surface area contributed by atoms with E-state index < -0.39 is 33.3 Å². The lowest BCUT2D eigenvalue weighted by atomic mass is 9.70. The zero-order chi connectivity index (χ0) is 22.8. The average molecular weight is 464 g/mol. The summed E-state index contributed by atoms with van der Waals surface area (Å²) < 4.78 is 81.3. The number of fused-ring (bicyclic) bond motifs is 2. The van der Waals surface area contributed by atoms with Crippen LogP contribution in [0.15, 0.2) is 18.3 Å². The Kier molecular flexibility index (Phi) is 5.36. The van der Waals surface area contributed by atoms with Gasteiger partial charge < -0.3 is 4.90 Å². The van der Waals surface area contributed by atoms with Gasteiger partial charge in [-0.05, 0) is 49.7 Å². The molecular weight excluding hydrogens is 434 g/mol. The molecule has 1 aliphatic heterocycles. The molecule has 4 rings (SSSR count). The maximum atomic E-state index is 15.0. The van der Waals surface area contributed by atoms with Crippen molar-refractivity contribution in [1.29, 1.82) is 0 Å². The van der Waals surface area contributed by atoms with Crippen molar-refractivity contribution in [1.82, 2.24) is 9.29 Å². The molecule has 2 bridgehead atoms. The Hall–Kier alpha value is -1.42. The van der Waals surface area contributed by atoms with E-state index in [1.54, 1.807) is 0 Å². The maximum absolute atomic E-state index is 15.0. The van der Waals surface area contributed by atoms with Crippen LogP contribution in [0.2, 0.25) is 0 Å². The summed E-state index contributed by atoms with van der Waals surface area (Å²) >= 11 is 0. The van der Waals surface area contributed by atoms with Crippen LogP contribution in [-0.2, 0) is 16.2 Å². The molecule has 0 N–H and O–H groups in total. The van der Waals surface area contributed by atoms with Crippen LogP contribution in [0.4, 0.5) is 23.4 Å². The standard InChI is InChI=1S/C21H29F4N3O2S/c1-14-12-27(8-9-28(14)18-5-4-16(11-26-18)21(23,24)25)31(29,30)13-20-7-6-15(10-17(20)22)19(20,2)3/h4-5,11,14-15,17H,6-10,12-13H2,1-3H3/t14-,15+,17?,20-/m0/s1. The summed E-state index contributed by atoms with van der Waals surface area (Å²) in [6.45, 7) is 6.53. The minimum absolute atomic E-state index is 0.185. The number of halogens is 4. The number of rotatable bonds is 4. The van der Waals surface area contributed by atoms with Crippen LogP contribution in [0.5, 0.6) is 0 Å². The second kappa shape index (κ2) is 7.30. The molecule has 0 spiro atoms. The zero-order valence-corrected chi connectivity index (χ0v) is 18.8. The van der Waals surface area contributed by atoms with Crippen LogP contribution >= 0.6 is 0 Å². The van der Waals surface area contributed by atoms with Gasteiger partial charge in [-0.2, -0.15) is 17.5 Å². The van der Waals surface area contributed by atoms with E-state index in [1.807, 2.05) is 25.7 Å². The molecule has 10 heteroatoms. The molecule has 1 aromatic heterocycles. The second-order valence-electron chi connectivity index (χ2n) is 9.88. The molecule has 3 aliphatic rings. The Balaban J connectivity index is 1.47. The molecule has 5 nitrogen and oxygen atoms in total. The highest BCUT2D eigenvalue weighted by Gasteiger charge is 2.66. The molecule has 31 heavy (non-hydrogen) atoms. The number of hydrogen-bond donors (Lipinski definition) is 0. The van der Waals surface area contributed by atoms with E-state index in [1.165, 1.54) is 10.4 Å². The maximum Gasteiger partial charge on any atom is 0.417 e. The summed E-state index contributed by atoms with van der Waals surface area (Å²) in [6, 6.07) is 2.03. The van der Waals surface area contributed by atoms with Crippen LogP contribution in [0.1, 0.15) is 45.6 Å². The van der Waals surface area contributed by atoms with Gasteiger partial charge in [-0.3, -0.25) is 0 Å². The molecular formula is C21H29F4N3O2S. The lowest BCUT2D eigenvalue weighted by molar-refractivity contribution is -0.137. The minimum atomic E-state index is -4.45. The Labute approximate surface area is 180 Å². The highest BCUT2D eigenvalue weighted by molar-refractivity contribution is 7.89. The van der Waals surface area contributed by atoms with E-state index in [0.717, 1.165) is 18.7 Å². The number of sulfonamides is 1. The van der Waals surface area contributed by atoms with Gasteiger partial charge in [-0.15, -0.1) is 0 Å². The van der Waals surface area contributed by atoms with E-state index in [2.05, 4.69) is 4.98 Å². The smallest absolute Gasteiger partial charge is 0.351 e. The van der Waals surface area contributed by atoms with Gasteiger partial charge in [0.05, 0.1) is 11.3 Å². The first-order valence-electron chi connectivity index (χ1n) is 10.7. The van der Waals surface area contributed by atoms with Crippen molar-refractivity contribution in [2.45, 2.75) is 58.4 Å². The summed E-state index contributed by atoms with van der Waals surface area (Å²) in [7, 11) is -3.68. The van der Waals surface area contributed by atoms with Crippen LogP contribution < -0.4 is 4.90 Å². The van der Waals surface area contributed by atoms with Crippen LogP contribution in [0.3, 0.4) is 0 Å². The van der Waals surface area contributed by atoms with E-state index in [-0.39, 0.29) is 36.2 Å². The normalized spacial score (nSPS) is 33.8. The molecule has 0 aromatic carbocycles. The molecule has 0 radical (unpaired) electrons. The summed E-state index contributed by atoms with van der Waals surface area (Å²) in [5, 5.41) is 0. The number of anilines is 1. The number of hydrogen-bond acceptors (Lipinski definition) is 4. The lowest BCUT2D eigenvalue weighted by Gasteiger charge is -2.43. The van der Waals surface area contributed by atoms with Crippen LogP contribution in [0.25, 0.3) is 0 Å². The Morgan fingerprint density at radius 2 is 1.94 bits per heavy atom. The van der Waals surface area contributed by atoms with Crippen molar-refractivity contribution >= 4 is 15.8 Å². The zero-order valence-electron chi connectivity index (χ0n) is 18.0. The fraction of sp³-hybridized carbons (Fsp3) is 0.762. The van der Waals surface area contributed by atoms with Crippen molar-refractivity contribution in [3.8, 4) is 0 Å². The number of nitrogens with zero attached hydrogens (tertiary/aromatic N) is 3. The SMILES string of the molecule is C[C@H]1CN(S(=O)(=O)C[C@@]23CC[C@H](CC2F)C3(C)C)CCN1c1ccc(C(F)(F)F)cn1. The first-order valence-corrected chi connectivity index (χ1v) is 12.3. The summed E-state index contributed by atoms with van der Waals surface area (Å²) in [5.74, 6) is 0.422. The van der Waals surface area contributed by atoms with Crippen LogP contribution in [0, 0.1) is 16.7 Å². The largest absolute Gasteiger partial charge is 0.417 e. The van der Waals surface area contributed by atoms with E-state index in [4.69, 9.17) is 0 Å². The third-order valence-electron chi connectivity index (χ3n) is 8.13. The number of pyridine rings is 1. The first-order chi connectivity index (χ1) is 14.3. The van der Waals surface area contributed by atoms with Crippen molar-refractivity contribution < 1.29 is 26.0 Å². The highest BCUT2D eigenvalue weighted by Crippen LogP contribution is 2.67. The summed E-state index contributed by atoms with van der Waals surface area (Å²) in [4.78, 5) is 5.75. The number of aromatic nitrogens is 1. The highest BCUT2D eigenvalue weighted by atomic mass is 32.2. The predicted octanol–water partition coefficient (Wildman–Crippen LogP) is 4.11. The average Bonchev–Trinajstić information content (AvgIpc) is 3.01. The monoisotopic (exact) mass is 463 g/mol. The van der Waals surface area contributed by atoms with Gasteiger partial charge in [-0.1, -0.05) is 13.8 Å². The molecule has 4 atom stereocenters. The van der Waals surface area contributed by atoms with E-state index >= 15 is 0 Å². The molecule has 1 saturated heterocycles. The predicted molar refractivity (Wildman–Crippen MR) is 110 cm³/mol. The van der Waals surface area contributed by atoms with Crippen molar-refractivity contribution in [3.63, 3.8) is 0 Å². The Bertz CT molecular complexity index is 935. The summed E-state index contributed by atoms with van der Waals surface area (Å²) in [6.07, 6.45) is -2.87. The molecule has 174 valence electrons. The van der Waals surface area contributed by atoms with Gasteiger partial charge in [0.2, 0.25) is 10.0 Å². The van der Waals surface area contributed by atoms with Crippen molar-refractivity contribution in [2.24, 2.45) is 16.7 Å². The van der Waals surface area contributed by atoms with Gasteiger partial charge in [-0.25, -0.2) is 17.8 Å². The lowest BCUT2D eigenvalue weighted by Crippen LogP contribution is -2.56. The molecule has 1 aromatic rings. The number of alkyl halides is 4. The van der Waals surface area contributed by atoms with Crippen LogP contribution in [-0.4, -0.2) is 55.3 Å². The van der Waals surface area contributed by atoms with Gasteiger partial charge in [0.15, 0.2) is 0 Å². The molecule has 2 saturated carbocycles. The Morgan fingerprint density at radius 3 is 2.42 bits per heavy atom. The van der Waals surface area contributed by atoms with E-state index in [9.17, 15) is 26.0 Å². The minimum Gasteiger partial charge on any atom is -0.351 e. The van der Waals surface area contributed by atoms with Gasteiger partial charge in [0, 0.05) is 37.3 Å². The fourth-order valence-corrected chi connectivity index (χ4v) is 8.31. The van der Waals surface area contributed by atoms with E-state index in [0.29, 0.717) is 25.2 Å². The molecule has 2 heterocycles. The van der Waals surface area contributed by atoms with Crippen molar-refractivity contribution in [3.05, 3.63) is 23.9 Å². The topological polar surface area (TPSA) is 53.5 Å². The second-order valence-corrected chi connectivity index (χ2v) is 11.8. The molecule has 1 unspecified atom stereocenters. The summed E-state index contributed by atoms with van der Waals surface area (Å²) in [5.41, 5.74) is -2.01. The van der Waals surface area contributed by atoms with Gasteiger partial charge in [0.1, 0.15) is 12.0 Å². The van der Waals surface area contributed by atoms with Gasteiger partial charge in [0.25, 0.3) is 0 Å². The Morgan fingerprint density at radius 1 is 1.23 bits per heavy atom.